The summed E-state index contributed by atoms with van der Waals surface area (Å²) in [5.41, 5.74) is 0.649. The largest absolute Gasteiger partial charge is 0.449 e. The Morgan fingerprint density at radius 2 is 1.65 bits per heavy atom. The number of carbonyl (C=O) groups excluding carboxylic acids is 2. The number of nitrogens with zero attached hydrogens (tertiary/aromatic N) is 1. The third kappa shape index (κ3) is 4.85. The summed E-state index contributed by atoms with van der Waals surface area (Å²) in [6.07, 6.45) is -1.07. The quantitative estimate of drug-likeness (QED) is 0.485. The lowest BCUT2D eigenvalue weighted by Gasteiger charge is -2.18. The first kappa shape index (κ1) is 19.0. The summed E-state index contributed by atoms with van der Waals surface area (Å²) in [5, 5.41) is 13.3. The first-order valence-corrected chi connectivity index (χ1v) is 7.79. The zero-order valence-corrected chi connectivity index (χ0v) is 14.1. The number of rotatable bonds is 6. The molecule has 136 valence electrons. The van der Waals surface area contributed by atoms with Gasteiger partial charge in [0.25, 0.3) is 11.6 Å². The average Bonchev–Trinajstić information content (AvgIpc) is 2.62. The van der Waals surface area contributed by atoms with Crippen molar-refractivity contribution in [2.75, 3.05) is 0 Å². The van der Waals surface area contributed by atoms with Gasteiger partial charge in [-0.1, -0.05) is 12.1 Å². The lowest BCUT2D eigenvalue weighted by molar-refractivity contribution is -0.384. The van der Waals surface area contributed by atoms with E-state index in [2.05, 4.69) is 5.32 Å². The zero-order chi connectivity index (χ0) is 19.3. The van der Waals surface area contributed by atoms with Gasteiger partial charge >= 0.3 is 5.97 Å². The number of esters is 1. The molecule has 0 saturated carbocycles. The molecular weight excluding hydrogens is 343 g/mol. The molecule has 2 aromatic carbocycles. The molecule has 0 spiro atoms. The standard InChI is InChI=1S/C18H17FN2O5/c1-11(13-3-7-15(19)8-4-13)20-17(22)12(2)26-18(23)14-5-9-16(10-6-14)21(24)25/h3-12H,1-2H3,(H,20,22)/t11-,12-/m1/s1. The molecule has 0 radical (unpaired) electrons. The van der Waals surface area contributed by atoms with Crippen molar-refractivity contribution in [2.24, 2.45) is 0 Å². The summed E-state index contributed by atoms with van der Waals surface area (Å²) in [4.78, 5) is 34.2. The van der Waals surface area contributed by atoms with Crippen LogP contribution in [0.3, 0.4) is 0 Å². The minimum atomic E-state index is -1.07. The maximum atomic E-state index is 12.9. The fraction of sp³-hybridized carbons (Fsp3) is 0.222. The first-order valence-electron chi connectivity index (χ1n) is 7.79. The van der Waals surface area contributed by atoms with Crippen molar-refractivity contribution in [3.63, 3.8) is 0 Å². The maximum absolute atomic E-state index is 12.9. The lowest BCUT2D eigenvalue weighted by Crippen LogP contribution is -2.37. The zero-order valence-electron chi connectivity index (χ0n) is 14.1. The van der Waals surface area contributed by atoms with E-state index in [4.69, 9.17) is 4.74 Å². The van der Waals surface area contributed by atoms with Gasteiger partial charge in [0, 0.05) is 12.1 Å². The predicted molar refractivity (Wildman–Crippen MR) is 90.9 cm³/mol. The van der Waals surface area contributed by atoms with Crippen LogP contribution in [0.15, 0.2) is 48.5 Å². The van der Waals surface area contributed by atoms with Gasteiger partial charge in [0.05, 0.1) is 16.5 Å². The molecule has 0 heterocycles. The number of ether oxygens (including phenoxy) is 1. The molecule has 7 nitrogen and oxygen atoms in total. The smallest absolute Gasteiger partial charge is 0.338 e. The summed E-state index contributed by atoms with van der Waals surface area (Å²) in [5.74, 6) is -1.66. The van der Waals surface area contributed by atoms with Gasteiger partial charge in [-0.25, -0.2) is 9.18 Å². The van der Waals surface area contributed by atoms with Gasteiger partial charge in [0.1, 0.15) is 5.82 Å². The van der Waals surface area contributed by atoms with Gasteiger partial charge in [-0.2, -0.15) is 0 Å². The number of hydrogen-bond acceptors (Lipinski definition) is 5. The molecule has 26 heavy (non-hydrogen) atoms. The maximum Gasteiger partial charge on any atom is 0.338 e. The van der Waals surface area contributed by atoms with Gasteiger partial charge in [-0.3, -0.25) is 14.9 Å². The number of benzene rings is 2. The van der Waals surface area contributed by atoms with E-state index >= 15 is 0 Å². The minimum absolute atomic E-state index is 0.0989. The summed E-state index contributed by atoms with van der Waals surface area (Å²) >= 11 is 0. The fourth-order valence-electron chi connectivity index (χ4n) is 2.17. The number of nitro groups is 1. The first-order chi connectivity index (χ1) is 12.3. The van der Waals surface area contributed by atoms with Crippen LogP contribution >= 0.6 is 0 Å². The Labute approximate surface area is 148 Å². The highest BCUT2D eigenvalue weighted by molar-refractivity contribution is 5.92. The summed E-state index contributed by atoms with van der Waals surface area (Å²) < 4.78 is 18.0. The number of nitro benzene ring substituents is 1. The van der Waals surface area contributed by atoms with Crippen molar-refractivity contribution in [2.45, 2.75) is 26.0 Å². The Morgan fingerprint density at radius 3 is 2.19 bits per heavy atom. The third-order valence-electron chi connectivity index (χ3n) is 3.70. The Balaban J connectivity index is 1.94. The van der Waals surface area contributed by atoms with Crippen molar-refractivity contribution >= 4 is 17.6 Å². The molecular formula is C18H17FN2O5. The minimum Gasteiger partial charge on any atom is -0.449 e. The Hall–Kier alpha value is -3.29. The second kappa shape index (κ2) is 8.19. The van der Waals surface area contributed by atoms with Gasteiger partial charge in [0.15, 0.2) is 6.10 Å². The van der Waals surface area contributed by atoms with E-state index < -0.39 is 28.9 Å². The summed E-state index contributed by atoms with van der Waals surface area (Å²) in [6.45, 7) is 3.13. The van der Waals surface area contributed by atoms with E-state index in [0.717, 1.165) is 0 Å². The molecule has 0 bridgehead atoms. The molecule has 8 heteroatoms. The molecule has 1 amide bonds. The molecule has 2 aromatic rings. The molecule has 0 aromatic heterocycles. The second-order valence-corrected chi connectivity index (χ2v) is 5.63. The van der Waals surface area contributed by atoms with Gasteiger partial charge in [-0.15, -0.1) is 0 Å². The number of amides is 1. The molecule has 0 aliphatic rings. The molecule has 0 unspecified atom stereocenters. The van der Waals surface area contributed by atoms with E-state index in [1.807, 2.05) is 0 Å². The van der Waals surface area contributed by atoms with Crippen molar-refractivity contribution in [3.8, 4) is 0 Å². The van der Waals surface area contributed by atoms with E-state index in [9.17, 15) is 24.1 Å². The van der Waals surface area contributed by atoms with Crippen molar-refractivity contribution < 1.29 is 23.6 Å². The number of halogens is 1. The van der Waals surface area contributed by atoms with Gasteiger partial charge in [0.2, 0.25) is 0 Å². The van der Waals surface area contributed by atoms with Crippen molar-refractivity contribution in [3.05, 3.63) is 75.6 Å². The number of hydrogen-bond donors (Lipinski definition) is 1. The highest BCUT2D eigenvalue weighted by Gasteiger charge is 2.21. The van der Waals surface area contributed by atoms with Crippen LogP contribution in [0.5, 0.6) is 0 Å². The van der Waals surface area contributed by atoms with Crippen LogP contribution in [-0.2, 0) is 9.53 Å². The Morgan fingerprint density at radius 1 is 1.08 bits per heavy atom. The van der Waals surface area contributed by atoms with Crippen LogP contribution < -0.4 is 5.32 Å². The van der Waals surface area contributed by atoms with Crippen LogP contribution in [0.1, 0.15) is 35.8 Å². The number of nitrogens with one attached hydrogen (secondary N) is 1. The monoisotopic (exact) mass is 360 g/mol. The Kier molecular flexibility index (Phi) is 6.00. The molecule has 0 saturated heterocycles. The van der Waals surface area contributed by atoms with E-state index in [1.165, 1.54) is 43.3 Å². The topological polar surface area (TPSA) is 98.5 Å². The predicted octanol–water partition coefficient (Wildman–Crippen LogP) is 3.16. The van der Waals surface area contributed by atoms with Crippen molar-refractivity contribution in [1.29, 1.82) is 0 Å². The van der Waals surface area contributed by atoms with Crippen LogP contribution in [-0.4, -0.2) is 22.9 Å². The van der Waals surface area contributed by atoms with Gasteiger partial charge < -0.3 is 10.1 Å². The van der Waals surface area contributed by atoms with Crippen LogP contribution in [0.4, 0.5) is 10.1 Å². The average molecular weight is 360 g/mol. The van der Waals surface area contributed by atoms with E-state index in [0.29, 0.717) is 5.56 Å². The van der Waals surface area contributed by atoms with Crippen LogP contribution in [0, 0.1) is 15.9 Å². The van der Waals surface area contributed by atoms with Crippen LogP contribution in [0.2, 0.25) is 0 Å². The lowest BCUT2D eigenvalue weighted by atomic mass is 10.1. The highest BCUT2D eigenvalue weighted by atomic mass is 19.1. The second-order valence-electron chi connectivity index (χ2n) is 5.63. The number of non-ortho nitro benzene ring substituents is 1. The summed E-state index contributed by atoms with van der Waals surface area (Å²) in [7, 11) is 0. The normalized spacial score (nSPS) is 12.7. The molecule has 2 atom stereocenters. The number of carbonyl (C=O) groups is 2. The fourth-order valence-corrected chi connectivity index (χ4v) is 2.17. The molecule has 1 N–H and O–H groups in total. The molecule has 2 rings (SSSR count). The molecule has 0 aliphatic heterocycles. The SMILES string of the molecule is C[C@@H](OC(=O)c1ccc([N+](=O)[O-])cc1)C(=O)N[C@H](C)c1ccc(F)cc1. The summed E-state index contributed by atoms with van der Waals surface area (Å²) in [6, 6.07) is 10.1. The third-order valence-corrected chi connectivity index (χ3v) is 3.70. The highest BCUT2D eigenvalue weighted by Crippen LogP contribution is 2.15. The van der Waals surface area contributed by atoms with Crippen molar-refractivity contribution in [1.82, 2.24) is 5.32 Å². The van der Waals surface area contributed by atoms with E-state index in [-0.39, 0.29) is 17.1 Å². The molecule has 0 aliphatic carbocycles. The molecule has 0 fully saturated rings. The van der Waals surface area contributed by atoms with Crippen LogP contribution in [0.25, 0.3) is 0 Å². The Bertz CT molecular complexity index is 805. The van der Waals surface area contributed by atoms with E-state index in [1.54, 1.807) is 19.1 Å². The van der Waals surface area contributed by atoms with Gasteiger partial charge in [-0.05, 0) is 43.7 Å².